The standard InChI is InChI=1S/C15H16F3NO4/c16-15(17,18)14(12(20)21,11-7-4-8-11)19-13(22)23-9-10-5-2-1-3-6-10/h1-3,5-6,11H,4,7-9H2,(H,19,22)(H,20,21). The predicted molar refractivity (Wildman–Crippen MR) is 73.5 cm³/mol. The molecule has 1 atom stereocenters. The largest absolute Gasteiger partial charge is 0.479 e. The maximum Gasteiger partial charge on any atom is 0.422 e. The van der Waals surface area contributed by atoms with Crippen molar-refractivity contribution in [3.8, 4) is 0 Å². The van der Waals surface area contributed by atoms with Gasteiger partial charge in [-0.1, -0.05) is 36.8 Å². The third kappa shape index (κ3) is 3.40. The summed E-state index contributed by atoms with van der Waals surface area (Å²) in [6.45, 7) is -0.245. The number of benzene rings is 1. The van der Waals surface area contributed by atoms with E-state index in [0.29, 0.717) is 12.0 Å². The predicted octanol–water partition coefficient (Wildman–Crippen LogP) is 3.10. The van der Waals surface area contributed by atoms with E-state index >= 15 is 0 Å². The zero-order valence-corrected chi connectivity index (χ0v) is 12.1. The zero-order valence-electron chi connectivity index (χ0n) is 12.1. The second kappa shape index (κ2) is 6.47. The number of hydrogen-bond donors (Lipinski definition) is 2. The first kappa shape index (κ1) is 17.1. The molecule has 1 amide bonds. The Hall–Kier alpha value is -2.25. The number of ether oxygens (including phenoxy) is 1. The van der Waals surface area contributed by atoms with E-state index in [2.05, 4.69) is 0 Å². The molecule has 0 radical (unpaired) electrons. The van der Waals surface area contributed by atoms with Crippen LogP contribution in [0.1, 0.15) is 24.8 Å². The fourth-order valence-corrected chi connectivity index (χ4v) is 2.52. The summed E-state index contributed by atoms with van der Waals surface area (Å²) in [5, 5.41) is 10.7. The number of alkyl halides is 3. The molecule has 1 unspecified atom stereocenters. The Morgan fingerprint density at radius 1 is 1.22 bits per heavy atom. The summed E-state index contributed by atoms with van der Waals surface area (Å²) in [7, 11) is 0. The second-order valence-corrected chi connectivity index (χ2v) is 5.43. The number of alkyl carbamates (subject to hydrolysis) is 1. The molecule has 1 aliphatic rings. The number of nitrogens with one attached hydrogen (secondary N) is 1. The highest BCUT2D eigenvalue weighted by atomic mass is 19.4. The summed E-state index contributed by atoms with van der Waals surface area (Å²) in [5.74, 6) is -3.31. The number of amides is 1. The Labute approximate surface area is 130 Å². The Morgan fingerprint density at radius 2 is 1.83 bits per heavy atom. The van der Waals surface area contributed by atoms with Gasteiger partial charge in [-0.3, -0.25) is 5.32 Å². The molecule has 0 aromatic heterocycles. The number of carboxylic acid groups (broad SMARTS) is 1. The molecule has 1 aromatic carbocycles. The molecular formula is C15H16F3NO4. The minimum absolute atomic E-state index is 0.0881. The first-order chi connectivity index (χ1) is 10.8. The molecule has 23 heavy (non-hydrogen) atoms. The molecule has 2 N–H and O–H groups in total. The van der Waals surface area contributed by atoms with Crippen molar-refractivity contribution in [3.63, 3.8) is 0 Å². The van der Waals surface area contributed by atoms with Crippen molar-refractivity contribution < 1.29 is 32.6 Å². The minimum Gasteiger partial charge on any atom is -0.479 e. The van der Waals surface area contributed by atoms with Crippen LogP contribution < -0.4 is 5.32 Å². The van der Waals surface area contributed by atoms with Gasteiger partial charge in [-0.05, 0) is 18.4 Å². The topological polar surface area (TPSA) is 75.6 Å². The van der Waals surface area contributed by atoms with Gasteiger partial charge in [-0.2, -0.15) is 13.2 Å². The van der Waals surface area contributed by atoms with Crippen LogP contribution in [0.25, 0.3) is 0 Å². The molecule has 0 saturated heterocycles. The number of halogens is 3. The van der Waals surface area contributed by atoms with Crippen LogP contribution in [0.3, 0.4) is 0 Å². The summed E-state index contributed by atoms with van der Waals surface area (Å²) >= 11 is 0. The van der Waals surface area contributed by atoms with Crippen LogP contribution >= 0.6 is 0 Å². The summed E-state index contributed by atoms with van der Waals surface area (Å²) < 4.78 is 44.8. The molecule has 126 valence electrons. The van der Waals surface area contributed by atoms with E-state index in [9.17, 15) is 22.8 Å². The molecule has 0 spiro atoms. The number of rotatable bonds is 5. The normalized spacial score (nSPS) is 17.7. The summed E-state index contributed by atoms with van der Waals surface area (Å²) in [6, 6.07) is 8.37. The Morgan fingerprint density at radius 3 is 2.26 bits per heavy atom. The number of carbonyl (C=O) groups is 2. The van der Waals surface area contributed by atoms with Gasteiger partial charge in [-0.25, -0.2) is 9.59 Å². The van der Waals surface area contributed by atoms with E-state index in [4.69, 9.17) is 9.84 Å². The molecule has 1 aromatic rings. The third-order valence-electron chi connectivity index (χ3n) is 4.01. The minimum atomic E-state index is -5.12. The van der Waals surface area contributed by atoms with Crippen molar-refractivity contribution in [1.29, 1.82) is 0 Å². The molecule has 2 rings (SSSR count). The monoisotopic (exact) mass is 331 g/mol. The van der Waals surface area contributed by atoms with Gasteiger partial charge in [0.25, 0.3) is 0 Å². The quantitative estimate of drug-likeness (QED) is 0.869. The molecule has 5 nitrogen and oxygen atoms in total. The lowest BCUT2D eigenvalue weighted by Crippen LogP contribution is -2.69. The van der Waals surface area contributed by atoms with E-state index in [0.717, 1.165) is 0 Å². The van der Waals surface area contributed by atoms with Crippen molar-refractivity contribution in [1.82, 2.24) is 5.32 Å². The Balaban J connectivity index is 2.11. The smallest absolute Gasteiger partial charge is 0.422 e. The van der Waals surface area contributed by atoms with Crippen LogP contribution in [0, 0.1) is 5.92 Å². The van der Waals surface area contributed by atoms with E-state index in [1.54, 1.807) is 35.6 Å². The van der Waals surface area contributed by atoms with Gasteiger partial charge in [0.15, 0.2) is 0 Å². The average Bonchev–Trinajstić information content (AvgIpc) is 2.42. The molecule has 0 heterocycles. The lowest BCUT2D eigenvalue weighted by atomic mass is 9.70. The number of carbonyl (C=O) groups excluding carboxylic acids is 1. The number of aliphatic carboxylic acids is 1. The van der Waals surface area contributed by atoms with Gasteiger partial charge in [0.2, 0.25) is 5.54 Å². The highest BCUT2D eigenvalue weighted by Gasteiger charge is 2.67. The molecule has 1 aliphatic carbocycles. The summed E-state index contributed by atoms with van der Waals surface area (Å²) in [5.41, 5.74) is -2.72. The highest BCUT2D eigenvalue weighted by Crippen LogP contribution is 2.45. The molecule has 0 bridgehead atoms. The van der Waals surface area contributed by atoms with Gasteiger partial charge in [0.05, 0.1) is 0 Å². The lowest BCUT2D eigenvalue weighted by molar-refractivity contribution is -0.226. The summed E-state index contributed by atoms with van der Waals surface area (Å²) in [6.07, 6.45) is -5.85. The second-order valence-electron chi connectivity index (χ2n) is 5.43. The van der Waals surface area contributed by atoms with Gasteiger partial charge in [-0.15, -0.1) is 0 Å². The molecular weight excluding hydrogens is 315 g/mol. The molecule has 1 saturated carbocycles. The number of carboxylic acids is 1. The Kier molecular flexibility index (Phi) is 4.82. The van der Waals surface area contributed by atoms with Crippen molar-refractivity contribution in [2.45, 2.75) is 37.6 Å². The Bertz CT molecular complexity index is 572. The van der Waals surface area contributed by atoms with E-state index < -0.39 is 29.7 Å². The van der Waals surface area contributed by atoms with Crippen LogP contribution in [0.5, 0.6) is 0 Å². The SMILES string of the molecule is O=C(NC(C(=O)O)(C1CCC1)C(F)(F)F)OCc1ccccc1. The first-order valence-electron chi connectivity index (χ1n) is 7.06. The van der Waals surface area contributed by atoms with Gasteiger partial charge < -0.3 is 9.84 Å². The third-order valence-corrected chi connectivity index (χ3v) is 4.01. The van der Waals surface area contributed by atoms with E-state index in [1.807, 2.05) is 0 Å². The lowest BCUT2D eigenvalue weighted by Gasteiger charge is -2.42. The van der Waals surface area contributed by atoms with E-state index in [-0.39, 0.29) is 19.4 Å². The molecule has 0 aliphatic heterocycles. The first-order valence-corrected chi connectivity index (χ1v) is 7.06. The highest BCUT2D eigenvalue weighted by molar-refractivity contribution is 5.86. The van der Waals surface area contributed by atoms with Crippen molar-refractivity contribution in [3.05, 3.63) is 35.9 Å². The van der Waals surface area contributed by atoms with E-state index in [1.165, 1.54) is 0 Å². The van der Waals surface area contributed by atoms with Crippen molar-refractivity contribution in [2.24, 2.45) is 5.92 Å². The maximum atomic E-state index is 13.4. The molecule has 8 heteroatoms. The maximum absolute atomic E-state index is 13.4. The van der Waals surface area contributed by atoms with Crippen molar-refractivity contribution in [2.75, 3.05) is 0 Å². The average molecular weight is 331 g/mol. The van der Waals surface area contributed by atoms with Crippen LogP contribution in [0.15, 0.2) is 30.3 Å². The fraction of sp³-hybridized carbons (Fsp3) is 0.467. The van der Waals surface area contributed by atoms with Gasteiger partial charge in [0, 0.05) is 5.92 Å². The molecule has 1 fully saturated rings. The van der Waals surface area contributed by atoms with Crippen LogP contribution in [-0.4, -0.2) is 28.9 Å². The van der Waals surface area contributed by atoms with Crippen LogP contribution in [0.4, 0.5) is 18.0 Å². The fourth-order valence-electron chi connectivity index (χ4n) is 2.52. The van der Waals surface area contributed by atoms with Crippen LogP contribution in [-0.2, 0) is 16.1 Å². The van der Waals surface area contributed by atoms with Gasteiger partial charge in [0.1, 0.15) is 6.61 Å². The van der Waals surface area contributed by atoms with Gasteiger partial charge >= 0.3 is 18.2 Å². The summed E-state index contributed by atoms with van der Waals surface area (Å²) in [4.78, 5) is 23.1. The van der Waals surface area contributed by atoms with Crippen LogP contribution in [0.2, 0.25) is 0 Å². The van der Waals surface area contributed by atoms with Crippen molar-refractivity contribution >= 4 is 12.1 Å². The number of hydrogen-bond acceptors (Lipinski definition) is 3. The zero-order chi connectivity index (χ0) is 17.1.